The maximum absolute atomic E-state index is 5.55. The van der Waals surface area contributed by atoms with E-state index in [9.17, 15) is 0 Å². The van der Waals surface area contributed by atoms with Crippen LogP contribution in [0.25, 0.3) is 0 Å². The number of aromatic nitrogens is 3. The zero-order valence-corrected chi connectivity index (χ0v) is 10.3. The molecule has 2 rings (SSSR count). The van der Waals surface area contributed by atoms with Crippen LogP contribution in [0, 0.1) is 3.57 Å². The van der Waals surface area contributed by atoms with E-state index >= 15 is 0 Å². The summed E-state index contributed by atoms with van der Waals surface area (Å²) in [5.41, 5.74) is 6.75. The fourth-order valence-electron chi connectivity index (χ4n) is 1.34. The molecule has 78 valence electrons. The summed E-state index contributed by atoms with van der Waals surface area (Å²) in [5, 5.41) is 4.13. The number of nitrogens with zero attached hydrogens (tertiary/aromatic N) is 3. The molecule has 4 nitrogen and oxygen atoms in total. The van der Waals surface area contributed by atoms with Crippen molar-refractivity contribution in [2.45, 2.75) is 13.1 Å². The summed E-state index contributed by atoms with van der Waals surface area (Å²) in [6.45, 7) is 1.15. The third kappa shape index (κ3) is 2.54. The Labute approximate surface area is 102 Å². The van der Waals surface area contributed by atoms with Crippen LogP contribution in [-0.4, -0.2) is 14.8 Å². The van der Waals surface area contributed by atoms with Crippen LogP contribution < -0.4 is 5.73 Å². The minimum absolute atomic E-state index is 0.421. The van der Waals surface area contributed by atoms with Crippen molar-refractivity contribution in [1.82, 2.24) is 14.8 Å². The molecule has 0 aliphatic carbocycles. The molecule has 1 heterocycles. The van der Waals surface area contributed by atoms with Crippen molar-refractivity contribution in [2.24, 2.45) is 5.73 Å². The molecule has 0 aliphatic heterocycles. The van der Waals surface area contributed by atoms with Crippen molar-refractivity contribution < 1.29 is 0 Å². The number of benzene rings is 1. The van der Waals surface area contributed by atoms with E-state index in [-0.39, 0.29) is 0 Å². The van der Waals surface area contributed by atoms with E-state index in [1.54, 1.807) is 0 Å². The summed E-state index contributed by atoms with van der Waals surface area (Å²) >= 11 is 2.29. The van der Waals surface area contributed by atoms with E-state index in [0.29, 0.717) is 6.54 Å². The van der Waals surface area contributed by atoms with Gasteiger partial charge in [-0.25, -0.2) is 9.67 Å². The first-order valence-electron chi connectivity index (χ1n) is 4.61. The van der Waals surface area contributed by atoms with Crippen molar-refractivity contribution in [1.29, 1.82) is 0 Å². The monoisotopic (exact) mass is 314 g/mol. The summed E-state index contributed by atoms with van der Waals surface area (Å²) in [6, 6.07) is 8.33. The van der Waals surface area contributed by atoms with Gasteiger partial charge in [0.2, 0.25) is 0 Å². The third-order valence-corrected chi connectivity index (χ3v) is 2.84. The first-order chi connectivity index (χ1) is 7.29. The summed E-state index contributed by atoms with van der Waals surface area (Å²) in [7, 11) is 0. The highest BCUT2D eigenvalue weighted by molar-refractivity contribution is 14.1. The molecule has 0 spiro atoms. The van der Waals surface area contributed by atoms with Crippen molar-refractivity contribution in [3.63, 3.8) is 0 Å². The molecule has 1 aromatic carbocycles. The van der Waals surface area contributed by atoms with Crippen molar-refractivity contribution in [2.75, 3.05) is 0 Å². The van der Waals surface area contributed by atoms with Gasteiger partial charge in [-0.2, -0.15) is 5.10 Å². The Bertz CT molecular complexity index is 435. The highest BCUT2D eigenvalue weighted by Crippen LogP contribution is 2.08. The van der Waals surface area contributed by atoms with Gasteiger partial charge < -0.3 is 5.73 Å². The topological polar surface area (TPSA) is 56.7 Å². The first kappa shape index (κ1) is 10.6. The van der Waals surface area contributed by atoms with Gasteiger partial charge in [0.15, 0.2) is 0 Å². The van der Waals surface area contributed by atoms with Gasteiger partial charge in [-0.15, -0.1) is 0 Å². The number of rotatable bonds is 3. The van der Waals surface area contributed by atoms with E-state index in [4.69, 9.17) is 5.73 Å². The Kier molecular flexibility index (Phi) is 3.32. The minimum Gasteiger partial charge on any atom is -0.324 e. The van der Waals surface area contributed by atoms with Gasteiger partial charge in [0.25, 0.3) is 0 Å². The fraction of sp³-hybridized carbons (Fsp3) is 0.200. The maximum atomic E-state index is 5.55. The summed E-state index contributed by atoms with van der Waals surface area (Å²) in [6.07, 6.45) is 1.54. The van der Waals surface area contributed by atoms with Crippen LogP contribution >= 0.6 is 22.6 Å². The van der Waals surface area contributed by atoms with Crippen molar-refractivity contribution in [3.05, 3.63) is 45.6 Å². The highest BCUT2D eigenvalue weighted by atomic mass is 127. The van der Waals surface area contributed by atoms with E-state index in [1.165, 1.54) is 15.5 Å². The standard InChI is InChI=1S/C10H11IN4/c11-9-3-1-8(2-4-9)6-15-10(5-12)13-7-14-15/h1-4,7H,5-6,12H2. The molecular formula is C10H11IN4. The fourth-order valence-corrected chi connectivity index (χ4v) is 1.70. The summed E-state index contributed by atoms with van der Waals surface area (Å²) < 4.78 is 3.05. The molecular weight excluding hydrogens is 303 g/mol. The molecule has 0 saturated heterocycles. The lowest BCUT2D eigenvalue weighted by Gasteiger charge is -2.04. The molecule has 0 saturated carbocycles. The van der Waals surface area contributed by atoms with E-state index in [1.807, 2.05) is 4.68 Å². The van der Waals surface area contributed by atoms with Crippen LogP contribution in [0.4, 0.5) is 0 Å². The first-order valence-corrected chi connectivity index (χ1v) is 5.68. The van der Waals surface area contributed by atoms with E-state index in [0.717, 1.165) is 12.4 Å². The Balaban J connectivity index is 2.18. The van der Waals surface area contributed by atoms with E-state index in [2.05, 4.69) is 56.9 Å². The van der Waals surface area contributed by atoms with Gasteiger partial charge in [0, 0.05) is 3.57 Å². The third-order valence-electron chi connectivity index (χ3n) is 2.12. The quantitative estimate of drug-likeness (QED) is 0.871. The molecule has 2 aromatic rings. The maximum Gasteiger partial charge on any atom is 0.140 e. The van der Waals surface area contributed by atoms with Crippen molar-refractivity contribution in [3.8, 4) is 0 Å². The lowest BCUT2D eigenvalue weighted by atomic mass is 10.2. The number of nitrogens with two attached hydrogens (primary N) is 1. The zero-order chi connectivity index (χ0) is 10.7. The number of halogens is 1. The normalized spacial score (nSPS) is 10.5. The molecule has 0 aliphatic rings. The van der Waals surface area contributed by atoms with Crippen LogP contribution in [-0.2, 0) is 13.1 Å². The Morgan fingerprint density at radius 3 is 2.67 bits per heavy atom. The molecule has 0 unspecified atom stereocenters. The number of hydrogen-bond donors (Lipinski definition) is 1. The molecule has 2 N–H and O–H groups in total. The van der Waals surface area contributed by atoms with Gasteiger partial charge in [-0.3, -0.25) is 0 Å². The molecule has 5 heteroatoms. The van der Waals surface area contributed by atoms with Gasteiger partial charge in [-0.1, -0.05) is 12.1 Å². The molecule has 15 heavy (non-hydrogen) atoms. The van der Waals surface area contributed by atoms with Crippen LogP contribution in [0.1, 0.15) is 11.4 Å². The largest absolute Gasteiger partial charge is 0.324 e. The van der Waals surface area contributed by atoms with Gasteiger partial charge in [-0.05, 0) is 40.3 Å². The molecule has 1 aromatic heterocycles. The van der Waals surface area contributed by atoms with Crippen LogP contribution in [0.3, 0.4) is 0 Å². The minimum atomic E-state index is 0.421. The second kappa shape index (κ2) is 4.71. The van der Waals surface area contributed by atoms with Crippen LogP contribution in [0.2, 0.25) is 0 Å². The smallest absolute Gasteiger partial charge is 0.140 e. The predicted molar refractivity (Wildman–Crippen MR) is 66.2 cm³/mol. The van der Waals surface area contributed by atoms with Crippen molar-refractivity contribution >= 4 is 22.6 Å². The van der Waals surface area contributed by atoms with E-state index < -0.39 is 0 Å². The molecule has 0 bridgehead atoms. The lowest BCUT2D eigenvalue weighted by Crippen LogP contribution is -2.10. The van der Waals surface area contributed by atoms with Crippen LogP contribution in [0.15, 0.2) is 30.6 Å². The van der Waals surface area contributed by atoms with Gasteiger partial charge >= 0.3 is 0 Å². The zero-order valence-electron chi connectivity index (χ0n) is 8.10. The predicted octanol–water partition coefficient (Wildman–Crippen LogP) is 1.39. The summed E-state index contributed by atoms with van der Waals surface area (Å²) in [5.74, 6) is 0.813. The molecule has 0 atom stereocenters. The SMILES string of the molecule is NCc1ncnn1Cc1ccc(I)cc1. The molecule has 0 amide bonds. The lowest BCUT2D eigenvalue weighted by molar-refractivity contribution is 0.639. The number of hydrogen-bond acceptors (Lipinski definition) is 3. The molecule has 0 radical (unpaired) electrons. The Morgan fingerprint density at radius 1 is 1.27 bits per heavy atom. The average Bonchev–Trinajstić information content (AvgIpc) is 2.69. The summed E-state index contributed by atoms with van der Waals surface area (Å²) in [4.78, 5) is 4.07. The van der Waals surface area contributed by atoms with Gasteiger partial charge in [0.05, 0.1) is 13.1 Å². The molecule has 0 fully saturated rings. The Morgan fingerprint density at radius 2 is 2.00 bits per heavy atom. The second-order valence-corrected chi connectivity index (χ2v) is 4.41. The van der Waals surface area contributed by atoms with Crippen LogP contribution in [0.5, 0.6) is 0 Å². The van der Waals surface area contributed by atoms with Gasteiger partial charge in [0.1, 0.15) is 12.2 Å². The average molecular weight is 314 g/mol. The second-order valence-electron chi connectivity index (χ2n) is 3.16. The highest BCUT2D eigenvalue weighted by Gasteiger charge is 2.02. The Hall–Kier alpha value is -0.950.